The van der Waals surface area contributed by atoms with E-state index in [0.29, 0.717) is 4.48 Å². The van der Waals surface area contributed by atoms with Gasteiger partial charge in [0.2, 0.25) is 0 Å². The molecular formula is C9H20NO3+. The number of carbonyl (C=O) groups is 1. The lowest BCUT2D eigenvalue weighted by molar-refractivity contribution is -0.901. The molecule has 0 spiro atoms. The van der Waals surface area contributed by atoms with Crippen molar-refractivity contribution in [3.05, 3.63) is 0 Å². The van der Waals surface area contributed by atoms with Crippen molar-refractivity contribution in [2.75, 3.05) is 21.1 Å². The van der Waals surface area contributed by atoms with Crippen molar-refractivity contribution < 1.29 is 19.5 Å². The Hall–Kier alpha value is -0.610. The molecule has 78 valence electrons. The van der Waals surface area contributed by atoms with Crippen LogP contribution < -0.4 is 0 Å². The van der Waals surface area contributed by atoms with Gasteiger partial charge in [0, 0.05) is 0 Å². The SMILES string of the molecule is CC(C(C)(O)CC(=O)O)[N+](C)(C)C. The lowest BCUT2D eigenvalue weighted by Crippen LogP contribution is -2.56. The van der Waals surface area contributed by atoms with Gasteiger partial charge in [0.25, 0.3) is 0 Å². The molecule has 0 heterocycles. The summed E-state index contributed by atoms with van der Waals surface area (Å²) in [4.78, 5) is 10.5. The maximum atomic E-state index is 10.5. The second-order valence-corrected chi connectivity index (χ2v) is 4.72. The number of hydrogen-bond donors (Lipinski definition) is 2. The standard InChI is InChI=1S/C9H19NO3/c1-7(10(3,4)5)9(2,13)6-8(11)12/h7,13H,6H2,1-5H3/p+1. The number of carboxylic acids is 1. The molecule has 0 rings (SSSR count). The molecule has 2 N–H and O–H groups in total. The van der Waals surface area contributed by atoms with Gasteiger partial charge < -0.3 is 14.7 Å². The van der Waals surface area contributed by atoms with E-state index in [4.69, 9.17) is 5.11 Å². The minimum atomic E-state index is -1.16. The van der Waals surface area contributed by atoms with E-state index >= 15 is 0 Å². The molecule has 0 aromatic heterocycles. The first-order valence-electron chi connectivity index (χ1n) is 4.32. The molecule has 0 aliphatic rings. The van der Waals surface area contributed by atoms with Crippen LogP contribution in [-0.2, 0) is 4.79 Å². The largest absolute Gasteiger partial charge is 0.481 e. The third-order valence-electron chi connectivity index (χ3n) is 2.57. The highest BCUT2D eigenvalue weighted by molar-refractivity contribution is 5.68. The molecule has 0 radical (unpaired) electrons. The number of likely N-dealkylation sites (N-methyl/N-ethyl adjacent to an activating group) is 1. The van der Waals surface area contributed by atoms with Crippen LogP contribution in [0.15, 0.2) is 0 Å². The Morgan fingerprint density at radius 3 is 2.08 bits per heavy atom. The van der Waals surface area contributed by atoms with E-state index in [1.165, 1.54) is 0 Å². The summed E-state index contributed by atoms with van der Waals surface area (Å²) in [7, 11) is 5.79. The van der Waals surface area contributed by atoms with Crippen molar-refractivity contribution in [1.82, 2.24) is 0 Å². The van der Waals surface area contributed by atoms with E-state index in [1.54, 1.807) is 6.92 Å². The minimum absolute atomic E-state index is 0.122. The highest BCUT2D eigenvalue weighted by Crippen LogP contribution is 2.21. The summed E-state index contributed by atoms with van der Waals surface area (Å²) >= 11 is 0. The second-order valence-electron chi connectivity index (χ2n) is 4.72. The summed E-state index contributed by atoms with van der Waals surface area (Å²) in [6.07, 6.45) is -0.219. The molecule has 0 aliphatic heterocycles. The van der Waals surface area contributed by atoms with Crippen LogP contribution in [0.25, 0.3) is 0 Å². The van der Waals surface area contributed by atoms with E-state index in [1.807, 2.05) is 28.1 Å². The molecule has 0 aromatic carbocycles. The van der Waals surface area contributed by atoms with Crippen LogP contribution in [-0.4, -0.2) is 53.5 Å². The summed E-state index contributed by atoms with van der Waals surface area (Å²) < 4.78 is 0.542. The third-order valence-corrected chi connectivity index (χ3v) is 2.57. The van der Waals surface area contributed by atoms with Gasteiger partial charge >= 0.3 is 5.97 Å². The first-order valence-corrected chi connectivity index (χ1v) is 4.32. The molecule has 13 heavy (non-hydrogen) atoms. The van der Waals surface area contributed by atoms with Gasteiger partial charge in [-0.1, -0.05) is 0 Å². The van der Waals surface area contributed by atoms with Gasteiger partial charge in [-0.25, -0.2) is 0 Å². The predicted molar refractivity (Wildman–Crippen MR) is 50.4 cm³/mol. The van der Waals surface area contributed by atoms with Gasteiger partial charge in [0.1, 0.15) is 11.6 Å². The third kappa shape index (κ3) is 3.74. The molecule has 4 nitrogen and oxygen atoms in total. The van der Waals surface area contributed by atoms with Crippen LogP contribution in [0.4, 0.5) is 0 Å². The molecule has 0 amide bonds. The van der Waals surface area contributed by atoms with E-state index in [0.717, 1.165) is 0 Å². The molecule has 0 bridgehead atoms. The fraction of sp³-hybridized carbons (Fsp3) is 0.889. The Morgan fingerprint density at radius 1 is 1.46 bits per heavy atom. The lowest BCUT2D eigenvalue weighted by Gasteiger charge is -2.39. The van der Waals surface area contributed by atoms with Crippen molar-refractivity contribution in [3.8, 4) is 0 Å². The van der Waals surface area contributed by atoms with Gasteiger partial charge in [-0.2, -0.15) is 0 Å². The molecule has 0 saturated heterocycles. The van der Waals surface area contributed by atoms with E-state index in [-0.39, 0.29) is 12.5 Å². The second kappa shape index (κ2) is 3.64. The number of nitrogens with zero attached hydrogens (tertiary/aromatic N) is 1. The first kappa shape index (κ1) is 12.4. The van der Waals surface area contributed by atoms with E-state index in [9.17, 15) is 9.90 Å². The number of rotatable bonds is 4. The lowest BCUT2D eigenvalue weighted by atomic mass is 9.92. The molecular weight excluding hydrogens is 170 g/mol. The van der Waals surface area contributed by atoms with Gasteiger partial charge in [-0.3, -0.25) is 4.79 Å². The molecule has 0 aromatic rings. The van der Waals surface area contributed by atoms with Gasteiger partial charge in [-0.15, -0.1) is 0 Å². The normalized spacial score (nSPS) is 19.2. The Balaban J connectivity index is 4.54. The Bertz CT molecular complexity index is 194. The van der Waals surface area contributed by atoms with Gasteiger partial charge in [0.15, 0.2) is 0 Å². The molecule has 4 heteroatoms. The van der Waals surface area contributed by atoms with Crippen molar-refractivity contribution >= 4 is 5.97 Å². The average molecular weight is 190 g/mol. The number of hydrogen-bond acceptors (Lipinski definition) is 2. The number of aliphatic carboxylic acids is 1. The van der Waals surface area contributed by atoms with Crippen molar-refractivity contribution in [1.29, 1.82) is 0 Å². The average Bonchev–Trinajstić information content (AvgIpc) is 1.80. The van der Waals surface area contributed by atoms with Gasteiger partial charge in [0.05, 0.1) is 27.6 Å². The summed E-state index contributed by atoms with van der Waals surface area (Å²) in [5, 5.41) is 18.5. The minimum Gasteiger partial charge on any atom is -0.481 e. The van der Waals surface area contributed by atoms with E-state index in [2.05, 4.69) is 0 Å². The summed E-state index contributed by atoms with van der Waals surface area (Å²) in [6.45, 7) is 3.41. The fourth-order valence-electron chi connectivity index (χ4n) is 1.29. The smallest absolute Gasteiger partial charge is 0.306 e. The molecule has 0 saturated carbocycles. The highest BCUT2D eigenvalue weighted by Gasteiger charge is 2.39. The Morgan fingerprint density at radius 2 is 1.85 bits per heavy atom. The van der Waals surface area contributed by atoms with Crippen molar-refractivity contribution in [2.24, 2.45) is 0 Å². The number of carboxylic acid groups (broad SMARTS) is 1. The van der Waals surface area contributed by atoms with Crippen LogP contribution >= 0.6 is 0 Å². The Labute approximate surface area is 79.4 Å². The molecule has 2 atom stereocenters. The van der Waals surface area contributed by atoms with Gasteiger partial charge in [-0.05, 0) is 13.8 Å². The first-order chi connectivity index (χ1) is 5.57. The zero-order chi connectivity index (χ0) is 10.9. The van der Waals surface area contributed by atoms with Crippen molar-refractivity contribution in [2.45, 2.75) is 31.9 Å². The molecule has 0 fully saturated rings. The van der Waals surface area contributed by atoms with Crippen LogP contribution in [0.3, 0.4) is 0 Å². The van der Waals surface area contributed by atoms with E-state index < -0.39 is 11.6 Å². The maximum Gasteiger partial charge on any atom is 0.306 e. The fourth-order valence-corrected chi connectivity index (χ4v) is 1.29. The zero-order valence-corrected chi connectivity index (χ0v) is 9.03. The van der Waals surface area contributed by atoms with Crippen LogP contribution in [0.1, 0.15) is 20.3 Å². The van der Waals surface area contributed by atoms with Crippen LogP contribution in [0, 0.1) is 0 Å². The zero-order valence-electron chi connectivity index (χ0n) is 9.03. The maximum absolute atomic E-state index is 10.5. The molecule has 0 aliphatic carbocycles. The monoisotopic (exact) mass is 190 g/mol. The number of aliphatic hydroxyl groups is 1. The van der Waals surface area contributed by atoms with Crippen molar-refractivity contribution in [3.63, 3.8) is 0 Å². The predicted octanol–water partition coefficient (Wildman–Crippen LogP) is 0.307. The molecule has 2 unspecified atom stereocenters. The quantitative estimate of drug-likeness (QED) is 0.627. The van der Waals surface area contributed by atoms with Crippen LogP contribution in [0.2, 0.25) is 0 Å². The topological polar surface area (TPSA) is 57.5 Å². The summed E-state index contributed by atoms with van der Waals surface area (Å²) in [5.74, 6) is -0.967. The highest BCUT2D eigenvalue weighted by atomic mass is 16.4. The summed E-state index contributed by atoms with van der Waals surface area (Å²) in [5.41, 5.74) is -1.16. The Kier molecular flexibility index (Phi) is 3.47. The summed E-state index contributed by atoms with van der Waals surface area (Å²) in [6, 6.07) is -0.122. The number of quaternary nitrogens is 1. The van der Waals surface area contributed by atoms with Crippen LogP contribution in [0.5, 0.6) is 0 Å².